The van der Waals surface area contributed by atoms with E-state index in [0.29, 0.717) is 5.82 Å². The summed E-state index contributed by atoms with van der Waals surface area (Å²) in [4.78, 5) is 14.4. The van der Waals surface area contributed by atoms with E-state index in [-0.39, 0.29) is 11.5 Å². The molecule has 0 saturated carbocycles. The van der Waals surface area contributed by atoms with Gasteiger partial charge in [0.15, 0.2) is 0 Å². The number of halogens is 1. The van der Waals surface area contributed by atoms with Gasteiger partial charge in [0.25, 0.3) is 0 Å². The zero-order chi connectivity index (χ0) is 12.4. The number of nitrogens with zero attached hydrogens (tertiary/aromatic N) is 4. The molecule has 0 fully saturated rings. The minimum atomic E-state index is -0.517. The first-order valence-corrected chi connectivity index (χ1v) is 5.52. The summed E-state index contributed by atoms with van der Waals surface area (Å²) < 4.78 is 2.19. The van der Waals surface area contributed by atoms with Crippen molar-refractivity contribution in [1.29, 1.82) is 0 Å². The van der Waals surface area contributed by atoms with Crippen molar-refractivity contribution in [1.82, 2.24) is 14.8 Å². The monoisotopic (exact) mass is 346 g/mol. The number of pyridine rings is 1. The zero-order valence-electron chi connectivity index (χ0n) is 8.37. The van der Waals surface area contributed by atoms with Gasteiger partial charge in [-0.2, -0.15) is 5.10 Å². The van der Waals surface area contributed by atoms with Gasteiger partial charge in [-0.25, -0.2) is 15.5 Å². The van der Waals surface area contributed by atoms with E-state index in [0.717, 1.165) is 3.57 Å². The average molecular weight is 346 g/mol. The summed E-state index contributed by atoms with van der Waals surface area (Å²) >= 11 is 2.05. The maximum Gasteiger partial charge on any atom is 0.313 e. The van der Waals surface area contributed by atoms with E-state index in [1.807, 2.05) is 0 Å². The molecule has 88 valence electrons. The lowest BCUT2D eigenvalue weighted by Gasteiger charge is -2.04. The number of nitrogens with two attached hydrogens (primary N) is 1. The molecule has 17 heavy (non-hydrogen) atoms. The second kappa shape index (κ2) is 4.63. The maximum atomic E-state index is 10.9. The third kappa shape index (κ3) is 2.34. The number of hydrazine groups is 1. The van der Waals surface area contributed by atoms with Gasteiger partial charge in [-0.1, -0.05) is 0 Å². The summed E-state index contributed by atoms with van der Waals surface area (Å²) in [6.45, 7) is 0. The third-order valence-corrected chi connectivity index (χ3v) is 2.52. The van der Waals surface area contributed by atoms with Crippen molar-refractivity contribution < 1.29 is 4.92 Å². The first kappa shape index (κ1) is 11.7. The van der Waals surface area contributed by atoms with Crippen LogP contribution in [-0.2, 0) is 0 Å². The molecule has 2 aromatic heterocycles. The summed E-state index contributed by atoms with van der Waals surface area (Å²) in [7, 11) is 0. The summed E-state index contributed by atoms with van der Waals surface area (Å²) in [6.07, 6.45) is 3.21. The Morgan fingerprint density at radius 3 is 2.82 bits per heavy atom. The fourth-order valence-electron chi connectivity index (χ4n) is 1.25. The van der Waals surface area contributed by atoms with Crippen LogP contribution in [0, 0.1) is 13.7 Å². The Balaban J connectivity index is 2.60. The Labute approximate surface area is 109 Å². The fourth-order valence-corrected chi connectivity index (χ4v) is 1.64. The highest BCUT2D eigenvalue weighted by molar-refractivity contribution is 14.1. The molecule has 0 aliphatic carbocycles. The molecule has 9 heteroatoms. The van der Waals surface area contributed by atoms with Crippen molar-refractivity contribution in [2.75, 3.05) is 5.43 Å². The van der Waals surface area contributed by atoms with Gasteiger partial charge in [-0.05, 0) is 28.7 Å². The van der Waals surface area contributed by atoms with Crippen LogP contribution in [0.3, 0.4) is 0 Å². The molecule has 3 N–H and O–H groups in total. The Morgan fingerprint density at radius 1 is 1.53 bits per heavy atom. The lowest BCUT2D eigenvalue weighted by molar-refractivity contribution is -0.384. The Kier molecular flexibility index (Phi) is 3.19. The first-order valence-electron chi connectivity index (χ1n) is 4.44. The molecule has 0 amide bonds. The Hall–Kier alpha value is -1.75. The van der Waals surface area contributed by atoms with Gasteiger partial charge >= 0.3 is 5.69 Å². The molecule has 0 radical (unpaired) electrons. The van der Waals surface area contributed by atoms with E-state index in [9.17, 15) is 10.1 Å². The van der Waals surface area contributed by atoms with E-state index in [1.54, 1.807) is 12.4 Å². The van der Waals surface area contributed by atoms with Crippen molar-refractivity contribution in [2.45, 2.75) is 0 Å². The highest BCUT2D eigenvalue weighted by Gasteiger charge is 2.18. The lowest BCUT2D eigenvalue weighted by atomic mass is 10.4. The molecular weight excluding hydrogens is 339 g/mol. The van der Waals surface area contributed by atoms with Gasteiger partial charge in [0.05, 0.1) is 14.7 Å². The topological polar surface area (TPSA) is 112 Å². The Bertz CT molecular complexity index is 569. The fraction of sp³-hybridized carbons (Fsp3) is 0. The third-order valence-electron chi connectivity index (χ3n) is 1.97. The van der Waals surface area contributed by atoms with E-state index in [4.69, 9.17) is 5.84 Å². The van der Waals surface area contributed by atoms with Gasteiger partial charge in [-0.15, -0.1) is 0 Å². The van der Waals surface area contributed by atoms with Crippen LogP contribution in [0.2, 0.25) is 0 Å². The quantitative estimate of drug-likeness (QED) is 0.372. The summed E-state index contributed by atoms with van der Waals surface area (Å²) in [5, 5.41) is 14.9. The molecule has 2 rings (SSSR count). The SMILES string of the molecule is NNc1ccc([N+](=O)[O-])c(-n2cc(I)cn2)n1. The number of hydrogen-bond donors (Lipinski definition) is 2. The van der Waals surface area contributed by atoms with Gasteiger partial charge < -0.3 is 5.43 Å². The maximum absolute atomic E-state index is 10.9. The van der Waals surface area contributed by atoms with E-state index < -0.39 is 4.92 Å². The normalized spacial score (nSPS) is 10.2. The van der Waals surface area contributed by atoms with Crippen LogP contribution in [0.5, 0.6) is 0 Å². The standard InChI is InChI=1S/C8H7IN6O2/c9-5-3-11-14(4-5)8-6(15(16)17)1-2-7(12-8)13-10/h1-4H,10H2,(H,12,13). The Morgan fingerprint density at radius 2 is 2.29 bits per heavy atom. The minimum Gasteiger partial charge on any atom is -0.308 e. The molecule has 0 saturated heterocycles. The predicted molar refractivity (Wildman–Crippen MR) is 68.5 cm³/mol. The molecule has 0 unspecified atom stereocenters. The summed E-state index contributed by atoms with van der Waals surface area (Å²) in [6, 6.07) is 2.75. The molecule has 0 aromatic carbocycles. The van der Waals surface area contributed by atoms with Crippen LogP contribution >= 0.6 is 22.6 Å². The van der Waals surface area contributed by atoms with Crippen molar-refractivity contribution in [3.05, 3.63) is 38.2 Å². The molecule has 0 aliphatic rings. The first-order chi connectivity index (χ1) is 8.11. The summed E-state index contributed by atoms with van der Waals surface area (Å²) in [5.74, 6) is 5.66. The zero-order valence-corrected chi connectivity index (χ0v) is 10.5. The second-order valence-corrected chi connectivity index (χ2v) is 4.29. The molecular formula is C8H7IN6O2. The molecule has 0 atom stereocenters. The number of nitro groups is 1. The van der Waals surface area contributed by atoms with Crippen molar-refractivity contribution in [3.8, 4) is 5.82 Å². The minimum absolute atomic E-state index is 0.119. The van der Waals surface area contributed by atoms with E-state index in [1.165, 1.54) is 16.8 Å². The average Bonchev–Trinajstić information content (AvgIpc) is 2.75. The van der Waals surface area contributed by atoms with Crippen LogP contribution in [-0.4, -0.2) is 19.7 Å². The highest BCUT2D eigenvalue weighted by atomic mass is 127. The molecule has 0 spiro atoms. The van der Waals surface area contributed by atoms with Gasteiger partial charge in [0.2, 0.25) is 5.82 Å². The van der Waals surface area contributed by atoms with Crippen LogP contribution in [0.25, 0.3) is 5.82 Å². The predicted octanol–water partition coefficient (Wildman–Crippen LogP) is 1.07. The second-order valence-electron chi connectivity index (χ2n) is 3.04. The van der Waals surface area contributed by atoms with Gasteiger partial charge in [0.1, 0.15) is 5.82 Å². The molecule has 0 aliphatic heterocycles. The molecule has 0 bridgehead atoms. The smallest absolute Gasteiger partial charge is 0.308 e. The van der Waals surface area contributed by atoms with Gasteiger partial charge in [-0.3, -0.25) is 10.1 Å². The summed E-state index contributed by atoms with van der Waals surface area (Å²) in [5.41, 5.74) is 2.20. The van der Waals surface area contributed by atoms with Crippen LogP contribution in [0.1, 0.15) is 0 Å². The number of rotatable bonds is 3. The lowest BCUT2D eigenvalue weighted by Crippen LogP contribution is -2.11. The van der Waals surface area contributed by atoms with E-state index >= 15 is 0 Å². The number of nitrogens with one attached hydrogen (secondary N) is 1. The largest absolute Gasteiger partial charge is 0.313 e. The van der Waals surface area contributed by atoms with Gasteiger partial charge in [0, 0.05) is 12.3 Å². The highest BCUT2D eigenvalue weighted by Crippen LogP contribution is 2.22. The van der Waals surface area contributed by atoms with Crippen LogP contribution in [0.4, 0.5) is 11.5 Å². The van der Waals surface area contributed by atoms with Crippen molar-refractivity contribution in [3.63, 3.8) is 0 Å². The molecule has 2 heterocycles. The number of anilines is 1. The molecule has 2 aromatic rings. The van der Waals surface area contributed by atoms with Crippen LogP contribution in [0.15, 0.2) is 24.5 Å². The van der Waals surface area contributed by atoms with Crippen molar-refractivity contribution in [2.24, 2.45) is 5.84 Å². The van der Waals surface area contributed by atoms with Crippen molar-refractivity contribution >= 4 is 34.1 Å². The van der Waals surface area contributed by atoms with Crippen LogP contribution < -0.4 is 11.3 Å². The number of aromatic nitrogens is 3. The van der Waals surface area contributed by atoms with E-state index in [2.05, 4.69) is 38.1 Å². The number of nitrogen functional groups attached to an aromatic ring is 1. The number of hydrogen-bond acceptors (Lipinski definition) is 6. The molecule has 8 nitrogen and oxygen atoms in total.